The summed E-state index contributed by atoms with van der Waals surface area (Å²) < 4.78 is 5.34. The van der Waals surface area contributed by atoms with Gasteiger partial charge in [-0.15, -0.1) is 0 Å². The molecule has 1 aliphatic rings. The Hall–Kier alpha value is -2.60. The van der Waals surface area contributed by atoms with Gasteiger partial charge in [-0.05, 0) is 36.8 Å². The summed E-state index contributed by atoms with van der Waals surface area (Å²) in [5.41, 5.74) is 15.1. The van der Waals surface area contributed by atoms with E-state index in [9.17, 15) is 0 Å². The van der Waals surface area contributed by atoms with Crippen molar-refractivity contribution in [2.45, 2.75) is 6.92 Å². The average molecular weight is 286 g/mol. The van der Waals surface area contributed by atoms with Gasteiger partial charge in [-0.1, -0.05) is 0 Å². The first kappa shape index (κ1) is 14.8. The summed E-state index contributed by atoms with van der Waals surface area (Å²) in [6.45, 7) is 1.91. The first-order valence-electron chi connectivity index (χ1n) is 6.48. The maximum Gasteiger partial charge on any atom is 0.144 e. The van der Waals surface area contributed by atoms with Crippen LogP contribution in [0.1, 0.15) is 6.92 Å². The standard InChI is InChI=1S/C15H18N4O2/c1-9-6-10(2-3-11(9)16)19-14-8-15(21-5-4-20)13(18)7-12(14)17/h2-3,6-8,16,20H,4-5,17-18H2,1H3. The molecule has 0 radical (unpaired) electrons. The second-order valence-corrected chi connectivity index (χ2v) is 4.63. The van der Waals surface area contributed by atoms with E-state index in [1.165, 1.54) is 0 Å². The fourth-order valence-electron chi connectivity index (χ4n) is 1.84. The Morgan fingerprint density at radius 3 is 2.67 bits per heavy atom. The summed E-state index contributed by atoms with van der Waals surface area (Å²) in [4.78, 5) is 4.45. The van der Waals surface area contributed by atoms with Gasteiger partial charge in [-0.3, -0.25) is 0 Å². The Bertz CT molecular complexity index is 660. The van der Waals surface area contributed by atoms with Crippen LogP contribution in [0, 0.1) is 5.41 Å². The van der Waals surface area contributed by atoms with E-state index in [-0.39, 0.29) is 13.2 Å². The largest absolute Gasteiger partial charge is 0.489 e. The number of nitrogens with one attached hydrogen (secondary N) is 1. The van der Waals surface area contributed by atoms with Gasteiger partial charge in [0.25, 0.3) is 0 Å². The number of anilines is 2. The molecule has 6 nitrogen and oxygen atoms in total. The average Bonchev–Trinajstić information content (AvgIpc) is 2.44. The molecule has 0 aliphatic heterocycles. The second-order valence-electron chi connectivity index (χ2n) is 4.63. The zero-order chi connectivity index (χ0) is 15.4. The van der Waals surface area contributed by atoms with Crippen molar-refractivity contribution in [3.8, 4) is 5.75 Å². The zero-order valence-corrected chi connectivity index (χ0v) is 11.8. The molecule has 0 amide bonds. The molecule has 0 atom stereocenters. The van der Waals surface area contributed by atoms with Crippen molar-refractivity contribution in [2.24, 2.45) is 4.99 Å². The third kappa shape index (κ3) is 3.49. The van der Waals surface area contributed by atoms with Gasteiger partial charge in [0.15, 0.2) is 0 Å². The Kier molecular flexibility index (Phi) is 4.39. The molecule has 0 saturated heterocycles. The number of nitrogens with two attached hydrogens (primary N) is 2. The molecule has 1 aromatic rings. The lowest BCUT2D eigenvalue weighted by Crippen LogP contribution is -2.05. The van der Waals surface area contributed by atoms with E-state index in [2.05, 4.69) is 4.99 Å². The summed E-state index contributed by atoms with van der Waals surface area (Å²) in [5.74, 6) is 0.436. The van der Waals surface area contributed by atoms with E-state index >= 15 is 0 Å². The smallest absolute Gasteiger partial charge is 0.144 e. The lowest BCUT2D eigenvalue weighted by molar-refractivity contribution is 0.202. The number of hydrogen-bond donors (Lipinski definition) is 4. The Morgan fingerprint density at radius 2 is 2.00 bits per heavy atom. The summed E-state index contributed by atoms with van der Waals surface area (Å²) in [5, 5.41) is 16.5. The van der Waals surface area contributed by atoms with Gasteiger partial charge in [0.05, 0.1) is 35.1 Å². The van der Waals surface area contributed by atoms with Gasteiger partial charge in [0, 0.05) is 6.07 Å². The Balaban J connectivity index is 2.36. The molecule has 21 heavy (non-hydrogen) atoms. The predicted molar refractivity (Wildman–Crippen MR) is 85.6 cm³/mol. The van der Waals surface area contributed by atoms with Crippen LogP contribution in [0.25, 0.3) is 0 Å². The van der Waals surface area contributed by atoms with Crippen LogP contribution < -0.4 is 16.2 Å². The lowest BCUT2D eigenvalue weighted by Gasteiger charge is -2.11. The molecule has 0 fully saturated rings. The van der Waals surface area contributed by atoms with Gasteiger partial charge in [0.2, 0.25) is 0 Å². The van der Waals surface area contributed by atoms with Gasteiger partial charge in [-0.25, -0.2) is 4.99 Å². The van der Waals surface area contributed by atoms with Crippen LogP contribution in [-0.4, -0.2) is 29.7 Å². The second kappa shape index (κ2) is 6.23. The van der Waals surface area contributed by atoms with Crippen LogP contribution in [0.15, 0.2) is 40.9 Å². The molecule has 0 bridgehead atoms. The van der Waals surface area contributed by atoms with E-state index in [0.29, 0.717) is 34.2 Å². The number of benzene rings is 1. The summed E-state index contributed by atoms with van der Waals surface area (Å²) in [7, 11) is 0. The molecule has 1 aliphatic carbocycles. The molecule has 110 valence electrons. The van der Waals surface area contributed by atoms with E-state index < -0.39 is 0 Å². The highest BCUT2D eigenvalue weighted by Gasteiger charge is 2.09. The monoisotopic (exact) mass is 286 g/mol. The normalized spacial score (nSPS) is 16.2. The minimum Gasteiger partial charge on any atom is -0.489 e. The van der Waals surface area contributed by atoms with Crippen molar-refractivity contribution < 1.29 is 9.84 Å². The van der Waals surface area contributed by atoms with Crippen LogP contribution in [0.2, 0.25) is 0 Å². The molecule has 2 rings (SSSR count). The number of rotatable bonds is 4. The molecule has 1 aromatic carbocycles. The van der Waals surface area contributed by atoms with Crippen molar-refractivity contribution in [1.82, 2.24) is 0 Å². The molecular weight excluding hydrogens is 268 g/mol. The fraction of sp³-hybridized carbons (Fsp3) is 0.200. The number of hydrogen-bond acceptors (Lipinski definition) is 6. The summed E-state index contributed by atoms with van der Waals surface area (Å²) >= 11 is 0. The molecule has 0 aromatic heterocycles. The van der Waals surface area contributed by atoms with Crippen LogP contribution in [0.4, 0.5) is 17.1 Å². The number of nitrogens with zero attached hydrogens (tertiary/aromatic N) is 1. The maximum atomic E-state index is 8.80. The first-order valence-corrected chi connectivity index (χ1v) is 6.48. The third-order valence-electron chi connectivity index (χ3n) is 2.97. The Morgan fingerprint density at radius 1 is 1.24 bits per heavy atom. The first-order chi connectivity index (χ1) is 10.0. The van der Waals surface area contributed by atoms with Crippen LogP contribution >= 0.6 is 0 Å². The topological polar surface area (TPSA) is 118 Å². The van der Waals surface area contributed by atoms with Gasteiger partial charge < -0.3 is 26.7 Å². The highest BCUT2D eigenvalue weighted by molar-refractivity contribution is 6.20. The van der Waals surface area contributed by atoms with Gasteiger partial charge in [-0.2, -0.15) is 0 Å². The molecule has 0 heterocycles. The van der Waals surface area contributed by atoms with Gasteiger partial charge >= 0.3 is 0 Å². The van der Waals surface area contributed by atoms with Crippen molar-refractivity contribution in [1.29, 1.82) is 5.41 Å². The van der Waals surface area contributed by atoms with Crippen LogP contribution in [0.3, 0.4) is 0 Å². The number of aliphatic imine (C=N–C) groups is 1. The van der Waals surface area contributed by atoms with Crippen molar-refractivity contribution >= 4 is 28.5 Å². The molecular formula is C15H18N4O2. The summed E-state index contributed by atoms with van der Waals surface area (Å²) in [6, 6.07) is 3.22. The van der Waals surface area contributed by atoms with E-state index in [0.717, 1.165) is 5.57 Å². The SMILES string of the molecule is CC1=CC(=Nc2cc(OCCO)c(N)cc2N)C=CC1=N. The molecule has 0 unspecified atom stereocenters. The number of aliphatic hydroxyl groups is 1. The number of aliphatic hydroxyl groups excluding tert-OH is 1. The number of ether oxygens (including phenoxy) is 1. The number of nitrogen functional groups attached to an aromatic ring is 2. The van der Waals surface area contributed by atoms with Crippen molar-refractivity contribution in [2.75, 3.05) is 24.7 Å². The number of allylic oxidation sites excluding steroid dienone is 4. The highest BCUT2D eigenvalue weighted by Crippen LogP contribution is 2.33. The lowest BCUT2D eigenvalue weighted by atomic mass is 10.0. The zero-order valence-electron chi connectivity index (χ0n) is 11.8. The molecule has 6 heteroatoms. The van der Waals surface area contributed by atoms with E-state index in [4.69, 9.17) is 26.7 Å². The van der Waals surface area contributed by atoms with Crippen LogP contribution in [0.5, 0.6) is 5.75 Å². The highest BCUT2D eigenvalue weighted by atomic mass is 16.5. The van der Waals surface area contributed by atoms with Crippen molar-refractivity contribution in [3.63, 3.8) is 0 Å². The molecule has 0 saturated carbocycles. The molecule has 0 spiro atoms. The predicted octanol–water partition coefficient (Wildman–Crippen LogP) is 1.83. The minimum absolute atomic E-state index is 0.0968. The van der Waals surface area contributed by atoms with Gasteiger partial charge in [0.1, 0.15) is 12.4 Å². The fourth-order valence-corrected chi connectivity index (χ4v) is 1.84. The Labute approximate surface area is 122 Å². The van der Waals surface area contributed by atoms with E-state index in [1.54, 1.807) is 24.3 Å². The van der Waals surface area contributed by atoms with Crippen molar-refractivity contribution in [3.05, 3.63) is 35.9 Å². The summed E-state index contributed by atoms with van der Waals surface area (Å²) in [6.07, 6.45) is 5.25. The maximum absolute atomic E-state index is 8.80. The molecule has 6 N–H and O–H groups in total. The third-order valence-corrected chi connectivity index (χ3v) is 2.97. The minimum atomic E-state index is -0.0968. The van der Waals surface area contributed by atoms with E-state index in [1.807, 2.05) is 13.0 Å². The van der Waals surface area contributed by atoms with Crippen LogP contribution in [-0.2, 0) is 0 Å². The quantitative estimate of drug-likeness (QED) is 0.499.